The molecule has 0 amide bonds. The maximum atomic E-state index is 12.7. The lowest BCUT2D eigenvalue weighted by molar-refractivity contribution is -0.169. The number of esters is 4. The second-order valence-corrected chi connectivity index (χ2v) is 11.4. The van der Waals surface area contributed by atoms with Gasteiger partial charge in [-0.05, 0) is 62.6 Å². The molecule has 1 aromatic carbocycles. The van der Waals surface area contributed by atoms with Crippen LogP contribution in [0.25, 0.3) is 0 Å². The summed E-state index contributed by atoms with van der Waals surface area (Å²) < 4.78 is 22.0. The predicted molar refractivity (Wildman–Crippen MR) is 146 cm³/mol. The molecule has 1 aromatic rings. The summed E-state index contributed by atoms with van der Waals surface area (Å²) in [7, 11) is 0. The average molecular weight is 548 g/mol. The number of rotatable bonds is 13. The van der Waals surface area contributed by atoms with Crippen LogP contribution < -0.4 is 15.2 Å². The van der Waals surface area contributed by atoms with E-state index in [1.165, 1.54) is 6.07 Å². The molecule has 0 saturated heterocycles. The number of ether oxygens (including phenoxy) is 4. The van der Waals surface area contributed by atoms with Gasteiger partial charge < -0.3 is 24.7 Å². The Morgan fingerprint density at radius 3 is 1.90 bits per heavy atom. The van der Waals surface area contributed by atoms with Gasteiger partial charge in [0.25, 0.3) is 0 Å². The third-order valence-electron chi connectivity index (χ3n) is 6.57. The van der Waals surface area contributed by atoms with Gasteiger partial charge in [-0.25, -0.2) is 0 Å². The van der Waals surface area contributed by atoms with Crippen LogP contribution in [0.1, 0.15) is 92.1 Å². The van der Waals surface area contributed by atoms with Crippen molar-refractivity contribution in [1.82, 2.24) is 0 Å². The zero-order valence-corrected chi connectivity index (χ0v) is 24.2. The second kappa shape index (κ2) is 15.6. The molecular weight excluding hydrogens is 502 g/mol. The number of hydrogen-bond acceptors (Lipinski definition) is 9. The second-order valence-electron chi connectivity index (χ2n) is 11.4. The third-order valence-corrected chi connectivity index (χ3v) is 6.57. The van der Waals surface area contributed by atoms with Crippen molar-refractivity contribution >= 4 is 23.9 Å². The zero-order valence-electron chi connectivity index (χ0n) is 24.2. The minimum absolute atomic E-state index is 0.0853. The Morgan fingerprint density at radius 2 is 1.33 bits per heavy atom. The molecule has 39 heavy (non-hydrogen) atoms. The molecule has 9 heteroatoms. The standard InChI is InChI=1S/C30H45NO8/c1-18(2)14-27(32)38-25-13-12-22(17-26(25)39-28(33)15-19(3)4)16-24(31)30(35)37-21(6)20(5)36-29(34)23-10-8-7-9-11-23/h12-13,17-21,23-24H,7-11,14-16,31H2,1-6H3/t20-,21-,24-/m0/s1. The maximum Gasteiger partial charge on any atom is 0.323 e. The smallest absolute Gasteiger partial charge is 0.323 e. The van der Waals surface area contributed by atoms with Crippen LogP contribution in [0.2, 0.25) is 0 Å². The molecule has 0 heterocycles. The van der Waals surface area contributed by atoms with Gasteiger partial charge in [0.1, 0.15) is 18.2 Å². The van der Waals surface area contributed by atoms with E-state index in [4.69, 9.17) is 24.7 Å². The van der Waals surface area contributed by atoms with Crippen molar-refractivity contribution < 1.29 is 38.1 Å². The van der Waals surface area contributed by atoms with E-state index in [1.54, 1.807) is 26.0 Å². The topological polar surface area (TPSA) is 131 Å². The van der Waals surface area contributed by atoms with Crippen LogP contribution in [0.3, 0.4) is 0 Å². The van der Waals surface area contributed by atoms with Crippen LogP contribution >= 0.6 is 0 Å². The van der Waals surface area contributed by atoms with Crippen molar-refractivity contribution in [2.75, 3.05) is 0 Å². The van der Waals surface area contributed by atoms with Crippen molar-refractivity contribution in [2.45, 2.75) is 111 Å². The molecule has 0 spiro atoms. The van der Waals surface area contributed by atoms with Crippen LogP contribution in [0.4, 0.5) is 0 Å². The quantitative estimate of drug-likeness (QED) is 0.270. The Balaban J connectivity index is 2.02. The fraction of sp³-hybridized carbons (Fsp3) is 0.667. The van der Waals surface area contributed by atoms with Crippen LogP contribution in [-0.4, -0.2) is 42.1 Å². The molecule has 2 N–H and O–H groups in total. The van der Waals surface area contributed by atoms with E-state index in [0.29, 0.717) is 5.56 Å². The summed E-state index contributed by atoms with van der Waals surface area (Å²) in [5.74, 6) is -1.48. The van der Waals surface area contributed by atoms with Gasteiger partial charge in [0.05, 0.1) is 5.92 Å². The minimum Gasteiger partial charge on any atom is -0.459 e. The van der Waals surface area contributed by atoms with Gasteiger partial charge >= 0.3 is 23.9 Å². The lowest BCUT2D eigenvalue weighted by atomic mass is 9.89. The Hall–Kier alpha value is -2.94. The molecule has 0 aromatic heterocycles. The van der Waals surface area contributed by atoms with Crippen molar-refractivity contribution in [3.8, 4) is 11.5 Å². The van der Waals surface area contributed by atoms with E-state index >= 15 is 0 Å². The van der Waals surface area contributed by atoms with E-state index in [9.17, 15) is 19.2 Å². The van der Waals surface area contributed by atoms with Crippen LogP contribution in [0.15, 0.2) is 18.2 Å². The largest absolute Gasteiger partial charge is 0.459 e. The first kappa shape index (κ1) is 32.3. The number of carbonyl (C=O) groups is 4. The van der Waals surface area contributed by atoms with E-state index < -0.39 is 36.2 Å². The summed E-state index contributed by atoms with van der Waals surface area (Å²) in [6, 6.07) is 3.71. The summed E-state index contributed by atoms with van der Waals surface area (Å²) >= 11 is 0. The SMILES string of the molecule is CC(C)CC(=O)Oc1ccc(C[C@H](N)C(=O)O[C@@H](C)[C@H](C)OC(=O)C2CCCCC2)cc1OC(=O)CC(C)C. The van der Waals surface area contributed by atoms with Gasteiger partial charge in [-0.15, -0.1) is 0 Å². The molecule has 0 radical (unpaired) electrons. The summed E-state index contributed by atoms with van der Waals surface area (Å²) in [5, 5.41) is 0. The van der Waals surface area contributed by atoms with Crippen molar-refractivity contribution in [3.05, 3.63) is 23.8 Å². The van der Waals surface area contributed by atoms with Crippen LogP contribution in [0.5, 0.6) is 11.5 Å². The average Bonchev–Trinajstić information content (AvgIpc) is 2.84. The third kappa shape index (κ3) is 11.4. The normalized spacial score (nSPS) is 16.3. The highest BCUT2D eigenvalue weighted by atomic mass is 16.6. The number of hydrogen-bond donors (Lipinski definition) is 1. The number of nitrogens with two attached hydrogens (primary N) is 1. The maximum absolute atomic E-state index is 12.7. The number of carbonyl (C=O) groups excluding carboxylic acids is 4. The van der Waals surface area contributed by atoms with Crippen molar-refractivity contribution in [2.24, 2.45) is 23.5 Å². The summed E-state index contributed by atoms with van der Waals surface area (Å²) in [5.41, 5.74) is 6.73. The Bertz CT molecular complexity index is 983. The van der Waals surface area contributed by atoms with Gasteiger partial charge in [0.15, 0.2) is 11.5 Å². The zero-order chi connectivity index (χ0) is 29.1. The first-order chi connectivity index (χ1) is 18.3. The van der Waals surface area contributed by atoms with Crippen LogP contribution in [-0.2, 0) is 35.1 Å². The molecule has 1 fully saturated rings. The summed E-state index contributed by atoms with van der Waals surface area (Å²) in [4.78, 5) is 49.7. The molecule has 9 nitrogen and oxygen atoms in total. The molecular formula is C30H45NO8. The Kier molecular flexibility index (Phi) is 12.9. The molecule has 2 rings (SSSR count). The van der Waals surface area contributed by atoms with Crippen molar-refractivity contribution in [1.29, 1.82) is 0 Å². The molecule has 0 unspecified atom stereocenters. The molecule has 218 valence electrons. The Labute approximate surface area is 232 Å². The summed E-state index contributed by atoms with van der Waals surface area (Å²) in [6.45, 7) is 10.9. The highest BCUT2D eigenvalue weighted by Crippen LogP contribution is 2.31. The number of benzene rings is 1. The molecule has 0 aliphatic heterocycles. The highest BCUT2D eigenvalue weighted by Gasteiger charge is 2.28. The van der Waals surface area contributed by atoms with E-state index in [1.807, 2.05) is 27.7 Å². The van der Waals surface area contributed by atoms with Gasteiger partial charge in [0, 0.05) is 12.8 Å². The minimum atomic E-state index is -1.01. The highest BCUT2D eigenvalue weighted by molar-refractivity contribution is 5.78. The van der Waals surface area contributed by atoms with Gasteiger partial charge in [-0.1, -0.05) is 53.0 Å². The first-order valence-electron chi connectivity index (χ1n) is 14.1. The summed E-state index contributed by atoms with van der Waals surface area (Å²) in [6.07, 6.45) is 4.05. The van der Waals surface area contributed by atoms with Gasteiger partial charge in [-0.2, -0.15) is 0 Å². The fourth-order valence-corrected chi connectivity index (χ4v) is 4.26. The first-order valence-corrected chi connectivity index (χ1v) is 14.1. The predicted octanol–water partition coefficient (Wildman–Crippen LogP) is 4.90. The van der Waals surface area contributed by atoms with Crippen molar-refractivity contribution in [3.63, 3.8) is 0 Å². The molecule has 3 atom stereocenters. The lowest BCUT2D eigenvalue weighted by Gasteiger charge is -2.26. The van der Waals surface area contributed by atoms with E-state index in [2.05, 4.69) is 0 Å². The molecule has 1 aliphatic rings. The molecule has 1 aliphatic carbocycles. The molecule has 0 bridgehead atoms. The Morgan fingerprint density at radius 1 is 0.795 bits per heavy atom. The van der Waals surface area contributed by atoms with E-state index in [-0.39, 0.29) is 54.5 Å². The molecule has 1 saturated carbocycles. The fourth-order valence-electron chi connectivity index (χ4n) is 4.26. The monoisotopic (exact) mass is 547 g/mol. The van der Waals surface area contributed by atoms with Gasteiger partial charge in [0.2, 0.25) is 0 Å². The lowest BCUT2D eigenvalue weighted by Crippen LogP contribution is -2.40. The van der Waals surface area contributed by atoms with Crippen LogP contribution in [0, 0.1) is 17.8 Å². The van der Waals surface area contributed by atoms with E-state index in [0.717, 1.165) is 32.1 Å². The van der Waals surface area contributed by atoms with Gasteiger partial charge in [-0.3, -0.25) is 19.2 Å².